The number of nitrogens with one attached hydrogen (secondary N) is 1. The second-order valence-corrected chi connectivity index (χ2v) is 4.87. The Labute approximate surface area is 100 Å². The van der Waals surface area contributed by atoms with Gasteiger partial charge < -0.3 is 10.1 Å². The summed E-state index contributed by atoms with van der Waals surface area (Å²) in [5, 5.41) is 11.3. The molecular weight excluding hydrogens is 222 g/mol. The minimum atomic E-state index is -0.552. The number of H-pyrrole nitrogens is 1. The number of aromatic nitrogens is 1. The minimum absolute atomic E-state index is 0.472. The van der Waals surface area contributed by atoms with Gasteiger partial charge in [0.15, 0.2) is 0 Å². The number of aromatic amines is 1. The fourth-order valence-electron chi connectivity index (χ4n) is 1.97. The van der Waals surface area contributed by atoms with E-state index >= 15 is 0 Å². The van der Waals surface area contributed by atoms with Crippen LogP contribution in [0.1, 0.15) is 43.9 Å². The molecule has 3 heteroatoms. The van der Waals surface area contributed by atoms with Crippen LogP contribution in [-0.2, 0) is 0 Å². The van der Waals surface area contributed by atoms with E-state index in [-0.39, 0.29) is 0 Å². The van der Waals surface area contributed by atoms with E-state index in [4.69, 9.17) is 11.6 Å². The van der Waals surface area contributed by atoms with Crippen LogP contribution in [-0.4, -0.2) is 10.1 Å². The molecule has 0 saturated heterocycles. The lowest BCUT2D eigenvalue weighted by atomic mass is 9.99. The SMILES string of the molecule is CC(C)c1ccc2[nH]c(Cl)c(C(C)O)c2c1. The molecule has 0 aliphatic heterocycles. The third kappa shape index (κ3) is 1.83. The maximum atomic E-state index is 9.72. The number of rotatable bonds is 2. The van der Waals surface area contributed by atoms with Crippen LogP contribution >= 0.6 is 11.6 Å². The predicted molar refractivity (Wildman–Crippen MR) is 68.0 cm³/mol. The summed E-state index contributed by atoms with van der Waals surface area (Å²) >= 11 is 6.08. The van der Waals surface area contributed by atoms with Gasteiger partial charge in [-0.3, -0.25) is 0 Å². The third-order valence-corrected chi connectivity index (χ3v) is 3.20. The van der Waals surface area contributed by atoms with Crippen LogP contribution in [0.4, 0.5) is 0 Å². The van der Waals surface area contributed by atoms with E-state index in [0.717, 1.165) is 16.5 Å². The Hall–Kier alpha value is -0.990. The molecule has 1 atom stereocenters. The second kappa shape index (κ2) is 4.11. The van der Waals surface area contributed by atoms with Gasteiger partial charge in [0, 0.05) is 16.5 Å². The maximum absolute atomic E-state index is 9.72. The summed E-state index contributed by atoms with van der Waals surface area (Å²) in [6.45, 7) is 6.03. The van der Waals surface area contributed by atoms with Crippen LogP contribution in [0.2, 0.25) is 5.15 Å². The van der Waals surface area contributed by atoms with Crippen LogP contribution in [0.3, 0.4) is 0 Å². The summed E-state index contributed by atoms with van der Waals surface area (Å²) in [6, 6.07) is 6.21. The van der Waals surface area contributed by atoms with E-state index in [0.29, 0.717) is 11.1 Å². The Balaban J connectivity index is 2.69. The molecule has 2 nitrogen and oxygen atoms in total. The Morgan fingerprint density at radius 2 is 1.94 bits per heavy atom. The number of hydrogen-bond acceptors (Lipinski definition) is 1. The molecule has 0 saturated carbocycles. The first kappa shape index (κ1) is 11.5. The lowest BCUT2D eigenvalue weighted by Crippen LogP contribution is -1.91. The van der Waals surface area contributed by atoms with Crippen molar-refractivity contribution >= 4 is 22.5 Å². The van der Waals surface area contributed by atoms with Crippen LogP contribution in [0.25, 0.3) is 10.9 Å². The highest BCUT2D eigenvalue weighted by Crippen LogP contribution is 2.32. The highest BCUT2D eigenvalue weighted by molar-refractivity contribution is 6.31. The number of aliphatic hydroxyl groups excluding tert-OH is 1. The number of benzene rings is 1. The van der Waals surface area contributed by atoms with Gasteiger partial charge >= 0.3 is 0 Å². The number of aliphatic hydroxyl groups is 1. The molecule has 0 amide bonds. The Morgan fingerprint density at radius 3 is 2.50 bits per heavy atom. The largest absolute Gasteiger partial charge is 0.389 e. The first-order valence-electron chi connectivity index (χ1n) is 5.49. The molecule has 16 heavy (non-hydrogen) atoms. The van der Waals surface area contributed by atoms with Crippen molar-refractivity contribution in [1.29, 1.82) is 0 Å². The van der Waals surface area contributed by atoms with Crippen molar-refractivity contribution in [3.05, 3.63) is 34.5 Å². The topological polar surface area (TPSA) is 36.0 Å². The normalized spacial score (nSPS) is 13.6. The fourth-order valence-corrected chi connectivity index (χ4v) is 2.33. The second-order valence-electron chi connectivity index (χ2n) is 4.49. The fraction of sp³-hybridized carbons (Fsp3) is 0.385. The van der Waals surface area contributed by atoms with Crippen LogP contribution in [0.5, 0.6) is 0 Å². The Kier molecular flexibility index (Phi) is 2.96. The average molecular weight is 238 g/mol. The first-order chi connectivity index (χ1) is 7.50. The molecule has 0 radical (unpaired) electrons. The highest BCUT2D eigenvalue weighted by atomic mass is 35.5. The molecule has 86 valence electrons. The van der Waals surface area contributed by atoms with E-state index in [1.54, 1.807) is 6.92 Å². The summed E-state index contributed by atoms with van der Waals surface area (Å²) in [4.78, 5) is 3.08. The first-order valence-corrected chi connectivity index (χ1v) is 5.87. The minimum Gasteiger partial charge on any atom is -0.389 e. The monoisotopic (exact) mass is 237 g/mol. The van der Waals surface area contributed by atoms with Crippen molar-refractivity contribution in [1.82, 2.24) is 4.98 Å². The van der Waals surface area contributed by atoms with Crippen molar-refractivity contribution in [3.8, 4) is 0 Å². The van der Waals surface area contributed by atoms with Crippen LogP contribution in [0.15, 0.2) is 18.2 Å². The van der Waals surface area contributed by atoms with Gasteiger partial charge in [-0.15, -0.1) is 0 Å². The molecule has 2 N–H and O–H groups in total. The molecule has 0 fully saturated rings. The molecule has 2 aromatic rings. The van der Waals surface area contributed by atoms with E-state index in [1.165, 1.54) is 5.56 Å². The number of fused-ring (bicyclic) bond motifs is 1. The maximum Gasteiger partial charge on any atom is 0.113 e. The van der Waals surface area contributed by atoms with Gasteiger partial charge in [0.25, 0.3) is 0 Å². The molecule has 0 aliphatic carbocycles. The summed E-state index contributed by atoms with van der Waals surface area (Å²) in [5.74, 6) is 0.472. The van der Waals surface area contributed by atoms with E-state index in [2.05, 4.69) is 31.0 Å². The predicted octanol–water partition coefficient (Wildman–Crippen LogP) is 4.00. The van der Waals surface area contributed by atoms with Gasteiger partial charge in [0.05, 0.1) is 6.10 Å². The number of halogens is 1. The zero-order chi connectivity index (χ0) is 11.9. The molecule has 0 bridgehead atoms. The lowest BCUT2D eigenvalue weighted by molar-refractivity contribution is 0.201. The van der Waals surface area contributed by atoms with Crippen molar-refractivity contribution < 1.29 is 5.11 Å². The molecular formula is C13H16ClNO. The summed E-state index contributed by atoms with van der Waals surface area (Å²) in [5.41, 5.74) is 3.02. The molecule has 1 aromatic carbocycles. The quantitative estimate of drug-likeness (QED) is 0.814. The lowest BCUT2D eigenvalue weighted by Gasteiger charge is -2.07. The summed E-state index contributed by atoms with van der Waals surface area (Å²) < 4.78 is 0. The van der Waals surface area contributed by atoms with Gasteiger partial charge in [-0.1, -0.05) is 31.5 Å². The van der Waals surface area contributed by atoms with Gasteiger partial charge in [0.2, 0.25) is 0 Å². The Bertz CT molecular complexity index is 514. The zero-order valence-corrected chi connectivity index (χ0v) is 10.5. The van der Waals surface area contributed by atoms with Gasteiger partial charge in [-0.25, -0.2) is 0 Å². The van der Waals surface area contributed by atoms with Gasteiger partial charge in [0.1, 0.15) is 5.15 Å². The van der Waals surface area contributed by atoms with Crippen molar-refractivity contribution in [2.45, 2.75) is 32.8 Å². The Morgan fingerprint density at radius 1 is 1.25 bits per heavy atom. The molecule has 0 spiro atoms. The summed E-state index contributed by atoms with van der Waals surface area (Å²) in [7, 11) is 0. The third-order valence-electron chi connectivity index (χ3n) is 2.90. The van der Waals surface area contributed by atoms with E-state index in [9.17, 15) is 5.11 Å². The van der Waals surface area contributed by atoms with Crippen molar-refractivity contribution in [2.24, 2.45) is 0 Å². The smallest absolute Gasteiger partial charge is 0.113 e. The molecule has 1 heterocycles. The molecule has 1 unspecified atom stereocenters. The van der Waals surface area contributed by atoms with Crippen molar-refractivity contribution in [2.75, 3.05) is 0 Å². The van der Waals surface area contributed by atoms with E-state index in [1.807, 2.05) is 6.07 Å². The average Bonchev–Trinajstić information content (AvgIpc) is 2.51. The molecule has 0 aliphatic rings. The van der Waals surface area contributed by atoms with Gasteiger partial charge in [-0.05, 0) is 30.5 Å². The molecule has 1 aromatic heterocycles. The van der Waals surface area contributed by atoms with Crippen LogP contribution < -0.4 is 0 Å². The van der Waals surface area contributed by atoms with Crippen molar-refractivity contribution in [3.63, 3.8) is 0 Å². The standard InChI is InChI=1S/C13H16ClNO/c1-7(2)9-4-5-11-10(6-9)12(8(3)16)13(14)15-11/h4-8,15-16H,1-3H3. The van der Waals surface area contributed by atoms with E-state index < -0.39 is 6.10 Å². The van der Waals surface area contributed by atoms with Gasteiger partial charge in [-0.2, -0.15) is 0 Å². The highest BCUT2D eigenvalue weighted by Gasteiger charge is 2.15. The summed E-state index contributed by atoms with van der Waals surface area (Å²) in [6.07, 6.45) is -0.552. The zero-order valence-electron chi connectivity index (χ0n) is 9.71. The van der Waals surface area contributed by atoms with Crippen LogP contribution in [0, 0.1) is 0 Å². The number of hydrogen-bond donors (Lipinski definition) is 2. The molecule has 2 rings (SSSR count).